The van der Waals surface area contributed by atoms with Crippen LogP contribution < -0.4 is 5.32 Å². The molecule has 0 aliphatic heterocycles. The minimum atomic E-state index is -0.807. The van der Waals surface area contributed by atoms with Gasteiger partial charge in [0.25, 0.3) is 0 Å². The Hall–Kier alpha value is -1.68. The van der Waals surface area contributed by atoms with Crippen LogP contribution in [0.15, 0.2) is 41.2 Å². The molecule has 0 radical (unpaired) electrons. The average Bonchev–Trinajstić information content (AvgIpc) is 2.93. The number of hydrogen-bond acceptors (Lipinski definition) is 2. The maximum absolute atomic E-state index is 13.7. The van der Waals surface area contributed by atoms with Gasteiger partial charge in [0, 0.05) is 11.6 Å². The van der Waals surface area contributed by atoms with E-state index in [1.807, 2.05) is 6.07 Å². The fraction of sp³-hybridized carbons (Fsp3) is 0.333. The predicted molar refractivity (Wildman–Crippen MR) is 69.8 cm³/mol. The van der Waals surface area contributed by atoms with Gasteiger partial charge in [0.05, 0.1) is 12.5 Å². The molecule has 0 saturated heterocycles. The lowest BCUT2D eigenvalue weighted by Gasteiger charge is -2.17. The van der Waals surface area contributed by atoms with E-state index in [4.69, 9.17) is 4.42 Å². The molecule has 1 atom stereocenters. The van der Waals surface area contributed by atoms with Gasteiger partial charge in [-0.25, -0.2) is 8.78 Å². The van der Waals surface area contributed by atoms with Crippen molar-refractivity contribution in [3.63, 3.8) is 0 Å². The Labute approximate surface area is 111 Å². The average molecular weight is 265 g/mol. The summed E-state index contributed by atoms with van der Waals surface area (Å²) in [6, 6.07) is 6.03. The van der Waals surface area contributed by atoms with E-state index in [9.17, 15) is 8.78 Å². The second-order valence-electron chi connectivity index (χ2n) is 4.48. The van der Waals surface area contributed by atoms with Crippen LogP contribution in [0.25, 0.3) is 0 Å². The van der Waals surface area contributed by atoms with Crippen molar-refractivity contribution in [2.24, 2.45) is 0 Å². The van der Waals surface area contributed by atoms with Crippen LogP contribution in [0, 0.1) is 11.6 Å². The van der Waals surface area contributed by atoms with Crippen LogP contribution in [-0.4, -0.2) is 6.54 Å². The number of rotatable bonds is 6. The van der Waals surface area contributed by atoms with Crippen LogP contribution in [0.1, 0.15) is 30.5 Å². The van der Waals surface area contributed by atoms with Crippen molar-refractivity contribution in [1.29, 1.82) is 0 Å². The molecule has 102 valence electrons. The summed E-state index contributed by atoms with van der Waals surface area (Å²) in [5, 5.41) is 3.32. The molecule has 0 bridgehead atoms. The van der Waals surface area contributed by atoms with Crippen molar-refractivity contribution in [2.75, 3.05) is 6.54 Å². The van der Waals surface area contributed by atoms with Crippen molar-refractivity contribution >= 4 is 0 Å². The van der Waals surface area contributed by atoms with E-state index >= 15 is 0 Å². The minimum absolute atomic E-state index is 0.0741. The normalized spacial score (nSPS) is 12.6. The summed E-state index contributed by atoms with van der Waals surface area (Å²) in [5.41, 5.74) is 1.31. The number of halogens is 2. The molecule has 1 aromatic carbocycles. The summed E-state index contributed by atoms with van der Waals surface area (Å²) in [6.07, 6.45) is 4.57. The molecule has 19 heavy (non-hydrogen) atoms. The third-order valence-corrected chi connectivity index (χ3v) is 3.04. The van der Waals surface area contributed by atoms with E-state index in [1.165, 1.54) is 6.07 Å². The summed E-state index contributed by atoms with van der Waals surface area (Å²) >= 11 is 0. The Morgan fingerprint density at radius 1 is 1.26 bits per heavy atom. The molecule has 0 fully saturated rings. The zero-order chi connectivity index (χ0) is 13.7. The van der Waals surface area contributed by atoms with Gasteiger partial charge in [-0.05, 0) is 37.1 Å². The van der Waals surface area contributed by atoms with Crippen LogP contribution in [0.3, 0.4) is 0 Å². The SMILES string of the molecule is CCCNC(Cc1cccc(F)c1F)c1ccoc1. The predicted octanol–water partition coefficient (Wildman–Crippen LogP) is 3.84. The maximum atomic E-state index is 13.7. The summed E-state index contributed by atoms with van der Waals surface area (Å²) in [4.78, 5) is 0. The van der Waals surface area contributed by atoms with Crippen molar-refractivity contribution < 1.29 is 13.2 Å². The Morgan fingerprint density at radius 2 is 2.11 bits per heavy atom. The van der Waals surface area contributed by atoms with Gasteiger partial charge in [-0.1, -0.05) is 19.1 Å². The van der Waals surface area contributed by atoms with E-state index in [0.717, 1.165) is 24.6 Å². The molecule has 1 unspecified atom stereocenters. The Bertz CT molecular complexity index is 511. The fourth-order valence-corrected chi connectivity index (χ4v) is 2.03. The van der Waals surface area contributed by atoms with Crippen LogP contribution >= 0.6 is 0 Å². The molecule has 0 saturated carbocycles. The van der Waals surface area contributed by atoms with Crippen LogP contribution in [-0.2, 0) is 6.42 Å². The van der Waals surface area contributed by atoms with Crippen molar-refractivity contribution in [3.05, 3.63) is 59.6 Å². The van der Waals surface area contributed by atoms with Gasteiger partial charge in [0.2, 0.25) is 0 Å². The quantitative estimate of drug-likeness (QED) is 0.858. The number of nitrogens with one attached hydrogen (secondary N) is 1. The molecule has 1 N–H and O–H groups in total. The van der Waals surface area contributed by atoms with E-state index in [-0.39, 0.29) is 6.04 Å². The maximum Gasteiger partial charge on any atom is 0.162 e. The van der Waals surface area contributed by atoms with Gasteiger partial charge in [0.1, 0.15) is 0 Å². The number of hydrogen-bond donors (Lipinski definition) is 1. The number of furan rings is 1. The molecule has 1 heterocycles. The summed E-state index contributed by atoms with van der Waals surface area (Å²) in [7, 11) is 0. The van der Waals surface area contributed by atoms with Gasteiger partial charge in [-0.3, -0.25) is 0 Å². The topological polar surface area (TPSA) is 25.2 Å². The highest BCUT2D eigenvalue weighted by atomic mass is 19.2. The third kappa shape index (κ3) is 3.41. The molecular weight excluding hydrogens is 248 g/mol. The Morgan fingerprint density at radius 3 is 2.79 bits per heavy atom. The van der Waals surface area contributed by atoms with Gasteiger partial charge in [0.15, 0.2) is 11.6 Å². The lowest BCUT2D eigenvalue weighted by molar-refractivity contribution is 0.473. The van der Waals surface area contributed by atoms with Gasteiger partial charge in [-0.2, -0.15) is 0 Å². The molecule has 4 heteroatoms. The molecule has 0 aliphatic carbocycles. The molecule has 2 nitrogen and oxygen atoms in total. The van der Waals surface area contributed by atoms with Crippen LogP contribution in [0.4, 0.5) is 8.78 Å². The van der Waals surface area contributed by atoms with Gasteiger partial charge in [-0.15, -0.1) is 0 Å². The zero-order valence-corrected chi connectivity index (χ0v) is 10.8. The lowest BCUT2D eigenvalue weighted by Crippen LogP contribution is -2.24. The smallest absolute Gasteiger partial charge is 0.162 e. The van der Waals surface area contributed by atoms with E-state index in [0.29, 0.717) is 12.0 Å². The first-order chi connectivity index (χ1) is 9.22. The molecule has 2 rings (SSSR count). The fourth-order valence-electron chi connectivity index (χ4n) is 2.03. The zero-order valence-electron chi connectivity index (χ0n) is 10.8. The molecule has 2 aromatic rings. The first kappa shape index (κ1) is 13.7. The van der Waals surface area contributed by atoms with Crippen LogP contribution in [0.2, 0.25) is 0 Å². The summed E-state index contributed by atoms with van der Waals surface area (Å²) in [6.45, 7) is 2.87. The van der Waals surface area contributed by atoms with Gasteiger partial charge >= 0.3 is 0 Å². The van der Waals surface area contributed by atoms with E-state index in [2.05, 4.69) is 12.2 Å². The summed E-state index contributed by atoms with van der Waals surface area (Å²) in [5.74, 6) is -1.58. The van der Waals surface area contributed by atoms with Crippen molar-refractivity contribution in [2.45, 2.75) is 25.8 Å². The van der Waals surface area contributed by atoms with E-state index in [1.54, 1.807) is 18.6 Å². The molecular formula is C15H17F2NO. The van der Waals surface area contributed by atoms with Crippen LogP contribution in [0.5, 0.6) is 0 Å². The lowest BCUT2D eigenvalue weighted by atomic mass is 10.0. The first-order valence-corrected chi connectivity index (χ1v) is 6.40. The monoisotopic (exact) mass is 265 g/mol. The Kier molecular flexibility index (Phi) is 4.68. The number of benzene rings is 1. The second-order valence-corrected chi connectivity index (χ2v) is 4.48. The van der Waals surface area contributed by atoms with Crippen molar-refractivity contribution in [1.82, 2.24) is 5.32 Å². The highest BCUT2D eigenvalue weighted by molar-refractivity contribution is 5.23. The van der Waals surface area contributed by atoms with Crippen molar-refractivity contribution in [3.8, 4) is 0 Å². The molecule has 1 aromatic heterocycles. The largest absolute Gasteiger partial charge is 0.472 e. The Balaban J connectivity index is 2.18. The highest BCUT2D eigenvalue weighted by Crippen LogP contribution is 2.21. The first-order valence-electron chi connectivity index (χ1n) is 6.40. The molecule has 0 spiro atoms. The highest BCUT2D eigenvalue weighted by Gasteiger charge is 2.16. The van der Waals surface area contributed by atoms with E-state index < -0.39 is 11.6 Å². The standard InChI is InChI=1S/C15H17F2NO/c1-2-7-18-14(12-6-8-19-10-12)9-11-4-3-5-13(16)15(11)17/h3-6,8,10,14,18H,2,7,9H2,1H3. The summed E-state index contributed by atoms with van der Waals surface area (Å²) < 4.78 is 32.0. The third-order valence-electron chi connectivity index (χ3n) is 3.04. The molecule has 0 amide bonds. The second kappa shape index (κ2) is 6.48. The molecule has 0 aliphatic rings. The minimum Gasteiger partial charge on any atom is -0.472 e. The van der Waals surface area contributed by atoms with Gasteiger partial charge < -0.3 is 9.73 Å².